The maximum Gasteiger partial charge on any atom is 0.339 e. The van der Waals surface area contributed by atoms with Gasteiger partial charge >= 0.3 is 12.0 Å². The number of carbonyl (C=O) groups is 2. The molecular formula is C15H22N2O4. The van der Waals surface area contributed by atoms with E-state index in [9.17, 15) is 9.59 Å². The molecule has 2 amide bonds. The molecule has 116 valence electrons. The van der Waals surface area contributed by atoms with Crippen LogP contribution in [-0.2, 0) is 6.54 Å². The molecule has 1 atom stereocenters. The third-order valence-electron chi connectivity index (χ3n) is 3.88. The van der Waals surface area contributed by atoms with Crippen LogP contribution in [0.4, 0.5) is 4.79 Å². The number of nitrogens with one attached hydrogen (secondary N) is 1. The van der Waals surface area contributed by atoms with Gasteiger partial charge in [0.05, 0.1) is 6.54 Å². The van der Waals surface area contributed by atoms with Crippen LogP contribution < -0.4 is 5.32 Å². The molecule has 0 bridgehead atoms. The van der Waals surface area contributed by atoms with Gasteiger partial charge in [0.25, 0.3) is 0 Å². The van der Waals surface area contributed by atoms with Crippen molar-refractivity contribution in [2.75, 3.05) is 13.1 Å². The van der Waals surface area contributed by atoms with Crippen molar-refractivity contribution in [1.29, 1.82) is 0 Å². The summed E-state index contributed by atoms with van der Waals surface area (Å²) in [7, 11) is 0. The van der Waals surface area contributed by atoms with Crippen molar-refractivity contribution in [2.45, 2.75) is 39.7 Å². The Kier molecular flexibility index (Phi) is 4.88. The number of urea groups is 1. The van der Waals surface area contributed by atoms with Crippen molar-refractivity contribution in [3.63, 3.8) is 0 Å². The topological polar surface area (TPSA) is 82.8 Å². The molecule has 0 aliphatic carbocycles. The highest BCUT2D eigenvalue weighted by atomic mass is 16.4. The molecule has 1 aliphatic heterocycles. The van der Waals surface area contributed by atoms with Crippen molar-refractivity contribution in [1.82, 2.24) is 10.2 Å². The lowest BCUT2D eigenvalue weighted by molar-refractivity contribution is 0.0695. The van der Waals surface area contributed by atoms with E-state index in [4.69, 9.17) is 9.52 Å². The van der Waals surface area contributed by atoms with Crippen molar-refractivity contribution < 1.29 is 19.1 Å². The summed E-state index contributed by atoms with van der Waals surface area (Å²) in [6.45, 7) is 5.56. The van der Waals surface area contributed by atoms with Gasteiger partial charge in [-0.25, -0.2) is 9.59 Å². The Morgan fingerprint density at radius 2 is 2.29 bits per heavy atom. The summed E-state index contributed by atoms with van der Waals surface area (Å²) < 4.78 is 5.33. The number of hydrogen-bond donors (Lipinski definition) is 2. The summed E-state index contributed by atoms with van der Waals surface area (Å²) in [5, 5.41) is 11.7. The van der Waals surface area contributed by atoms with Crippen LogP contribution in [0.5, 0.6) is 0 Å². The first kappa shape index (κ1) is 15.4. The summed E-state index contributed by atoms with van der Waals surface area (Å²) in [5.74, 6) is 0.402. The van der Waals surface area contributed by atoms with Gasteiger partial charge in [0, 0.05) is 13.1 Å². The molecule has 6 heteroatoms. The van der Waals surface area contributed by atoms with Crippen molar-refractivity contribution in [3.8, 4) is 0 Å². The molecule has 1 aromatic rings. The monoisotopic (exact) mass is 294 g/mol. The summed E-state index contributed by atoms with van der Waals surface area (Å²) in [4.78, 5) is 24.8. The van der Waals surface area contributed by atoms with Gasteiger partial charge < -0.3 is 19.7 Å². The Hall–Kier alpha value is -1.98. The summed E-state index contributed by atoms with van der Waals surface area (Å²) >= 11 is 0. The van der Waals surface area contributed by atoms with Gasteiger partial charge in [0.1, 0.15) is 17.1 Å². The number of likely N-dealkylation sites (tertiary alicyclic amines) is 1. The molecule has 1 fully saturated rings. The van der Waals surface area contributed by atoms with Gasteiger partial charge in [-0.3, -0.25) is 0 Å². The van der Waals surface area contributed by atoms with E-state index in [1.54, 1.807) is 6.92 Å². The predicted molar refractivity (Wildman–Crippen MR) is 77.2 cm³/mol. The molecule has 0 radical (unpaired) electrons. The lowest BCUT2D eigenvalue weighted by Gasteiger charge is -2.16. The average molecular weight is 294 g/mol. The average Bonchev–Trinajstić information content (AvgIpc) is 3.03. The number of carboxylic acids is 1. The fraction of sp³-hybridized carbons (Fsp3) is 0.600. The number of carboxylic acid groups (broad SMARTS) is 1. The normalized spacial score (nSPS) is 18.0. The van der Waals surface area contributed by atoms with Crippen molar-refractivity contribution >= 4 is 12.0 Å². The quantitative estimate of drug-likeness (QED) is 0.874. The van der Waals surface area contributed by atoms with E-state index in [1.807, 2.05) is 4.90 Å². The highest BCUT2D eigenvalue weighted by Gasteiger charge is 2.25. The maximum absolute atomic E-state index is 12.1. The first-order valence-electron chi connectivity index (χ1n) is 7.36. The number of amides is 2. The molecule has 6 nitrogen and oxygen atoms in total. The lowest BCUT2D eigenvalue weighted by Crippen LogP contribution is -2.38. The van der Waals surface area contributed by atoms with Gasteiger partial charge in [0.15, 0.2) is 0 Å². The third kappa shape index (κ3) is 3.77. The highest BCUT2D eigenvalue weighted by Crippen LogP contribution is 2.21. The Labute approximate surface area is 124 Å². The lowest BCUT2D eigenvalue weighted by atomic mass is 10.0. The molecule has 2 heterocycles. The van der Waals surface area contributed by atoms with Crippen LogP contribution in [0.2, 0.25) is 0 Å². The Bertz CT molecular complexity index is 524. The van der Waals surface area contributed by atoms with Crippen LogP contribution in [0.25, 0.3) is 0 Å². The maximum atomic E-state index is 12.1. The van der Waals surface area contributed by atoms with Gasteiger partial charge in [-0.1, -0.05) is 13.3 Å². The molecule has 0 aromatic carbocycles. The van der Waals surface area contributed by atoms with Crippen molar-refractivity contribution in [3.05, 3.63) is 23.2 Å². The minimum atomic E-state index is -1.02. The van der Waals surface area contributed by atoms with Gasteiger partial charge in [-0.15, -0.1) is 0 Å². The van der Waals surface area contributed by atoms with Gasteiger partial charge in [-0.05, 0) is 31.7 Å². The molecule has 1 saturated heterocycles. The summed E-state index contributed by atoms with van der Waals surface area (Å²) in [5.41, 5.74) is 0.142. The van der Waals surface area contributed by atoms with E-state index in [-0.39, 0.29) is 18.1 Å². The SMILES string of the molecule is CCCC1CCN(C(=O)NCc2cc(C(=O)O)c(C)o2)C1. The molecule has 1 aromatic heterocycles. The first-order valence-corrected chi connectivity index (χ1v) is 7.36. The number of rotatable bonds is 5. The zero-order valence-corrected chi connectivity index (χ0v) is 12.5. The van der Waals surface area contributed by atoms with E-state index < -0.39 is 5.97 Å². The van der Waals surface area contributed by atoms with Crippen LogP contribution in [0, 0.1) is 12.8 Å². The summed E-state index contributed by atoms with van der Waals surface area (Å²) in [6, 6.07) is 1.35. The number of aromatic carboxylic acids is 1. The minimum Gasteiger partial charge on any atom is -0.478 e. The van der Waals surface area contributed by atoms with Gasteiger partial charge in [0.2, 0.25) is 0 Å². The predicted octanol–water partition coefficient (Wildman–Crippen LogP) is 2.62. The number of aryl methyl sites for hydroxylation is 1. The number of nitrogens with zero attached hydrogens (tertiary/aromatic N) is 1. The van der Waals surface area contributed by atoms with Crippen LogP contribution >= 0.6 is 0 Å². The Morgan fingerprint density at radius 3 is 2.90 bits per heavy atom. The fourth-order valence-electron chi connectivity index (χ4n) is 2.78. The van der Waals surface area contributed by atoms with E-state index in [0.717, 1.165) is 32.4 Å². The number of hydrogen-bond acceptors (Lipinski definition) is 3. The molecule has 1 aliphatic rings. The summed E-state index contributed by atoms with van der Waals surface area (Å²) in [6.07, 6.45) is 3.36. The van der Waals surface area contributed by atoms with E-state index in [2.05, 4.69) is 12.2 Å². The Balaban J connectivity index is 1.84. The van der Waals surface area contributed by atoms with Crippen molar-refractivity contribution in [2.24, 2.45) is 5.92 Å². The molecule has 2 N–H and O–H groups in total. The van der Waals surface area contributed by atoms with E-state index in [1.165, 1.54) is 6.07 Å². The van der Waals surface area contributed by atoms with E-state index >= 15 is 0 Å². The second-order valence-corrected chi connectivity index (χ2v) is 5.54. The van der Waals surface area contributed by atoms with Crippen LogP contribution in [0.3, 0.4) is 0 Å². The third-order valence-corrected chi connectivity index (χ3v) is 3.88. The molecule has 2 rings (SSSR count). The zero-order valence-electron chi connectivity index (χ0n) is 12.5. The van der Waals surface area contributed by atoms with Crippen LogP contribution in [-0.4, -0.2) is 35.1 Å². The minimum absolute atomic E-state index is 0.112. The van der Waals surface area contributed by atoms with Crippen LogP contribution in [0.1, 0.15) is 48.1 Å². The molecule has 1 unspecified atom stereocenters. The molecule has 21 heavy (non-hydrogen) atoms. The van der Waals surface area contributed by atoms with Crippen LogP contribution in [0.15, 0.2) is 10.5 Å². The fourth-order valence-corrected chi connectivity index (χ4v) is 2.78. The Morgan fingerprint density at radius 1 is 1.52 bits per heavy atom. The molecular weight excluding hydrogens is 272 g/mol. The molecule has 0 saturated carbocycles. The second-order valence-electron chi connectivity index (χ2n) is 5.54. The molecule has 0 spiro atoms. The zero-order chi connectivity index (χ0) is 15.4. The first-order chi connectivity index (χ1) is 10.0. The van der Waals surface area contributed by atoms with E-state index in [0.29, 0.717) is 17.4 Å². The van der Waals surface area contributed by atoms with Gasteiger partial charge in [-0.2, -0.15) is 0 Å². The number of carbonyl (C=O) groups excluding carboxylic acids is 1. The smallest absolute Gasteiger partial charge is 0.339 e. The highest BCUT2D eigenvalue weighted by molar-refractivity contribution is 5.88. The standard InChI is InChI=1S/C15H22N2O4/c1-3-4-11-5-6-17(9-11)15(20)16-8-12-7-13(14(18)19)10(2)21-12/h7,11H,3-6,8-9H2,1-2H3,(H,16,20)(H,18,19). The largest absolute Gasteiger partial charge is 0.478 e. The number of furan rings is 1. The second kappa shape index (κ2) is 6.65.